The molecule has 1 aliphatic rings. The minimum Gasteiger partial charge on any atom is -0.395 e. The molecule has 8 nitrogen and oxygen atoms in total. The van der Waals surface area contributed by atoms with E-state index in [1.807, 2.05) is 6.07 Å². The molecule has 1 N–H and O–H groups in total. The lowest BCUT2D eigenvalue weighted by Crippen LogP contribution is -2.43. The summed E-state index contributed by atoms with van der Waals surface area (Å²) in [5.74, 6) is -1.44. The molecule has 1 atom stereocenters. The predicted octanol–water partition coefficient (Wildman–Crippen LogP) is 2.43. The van der Waals surface area contributed by atoms with Gasteiger partial charge in [-0.3, -0.25) is 19.7 Å². The van der Waals surface area contributed by atoms with Crippen molar-refractivity contribution in [1.82, 2.24) is 4.90 Å². The number of hydrogen-bond donors (Lipinski definition) is 1. The summed E-state index contributed by atoms with van der Waals surface area (Å²) in [5.41, 5.74) is 0.649. The van der Waals surface area contributed by atoms with Gasteiger partial charge in [-0.1, -0.05) is 18.2 Å². The maximum Gasteiger partial charge on any atom is 0.433 e. The molecular weight excluding hydrogens is 314 g/mol. The van der Waals surface area contributed by atoms with Crippen molar-refractivity contribution in [2.45, 2.75) is 18.9 Å². The molecule has 8 heteroatoms. The van der Waals surface area contributed by atoms with Gasteiger partial charge in [0.1, 0.15) is 11.0 Å². The summed E-state index contributed by atoms with van der Waals surface area (Å²) < 4.78 is 4.94. The summed E-state index contributed by atoms with van der Waals surface area (Å²) in [5, 5.41) is 13.4. The van der Waals surface area contributed by atoms with Gasteiger partial charge in [-0.25, -0.2) is 0 Å². The number of carbonyl (C=O) groups is 2. The Labute approximate surface area is 137 Å². The number of benzene rings is 1. The summed E-state index contributed by atoms with van der Waals surface area (Å²) in [6.07, 6.45) is 1.22. The van der Waals surface area contributed by atoms with E-state index in [4.69, 9.17) is 4.42 Å². The fraction of sp³-hybridized carbons (Fsp3) is 0.250. The number of hydrogen-bond acceptors (Lipinski definition) is 5. The Balaban J connectivity index is 1.73. The van der Waals surface area contributed by atoms with Gasteiger partial charge < -0.3 is 14.6 Å². The van der Waals surface area contributed by atoms with Crippen molar-refractivity contribution in [3.63, 3.8) is 0 Å². The van der Waals surface area contributed by atoms with Crippen LogP contribution in [0.2, 0.25) is 0 Å². The molecule has 2 aromatic rings. The molecule has 124 valence electrons. The van der Waals surface area contributed by atoms with Crippen LogP contribution in [0.3, 0.4) is 0 Å². The first-order valence-electron chi connectivity index (χ1n) is 7.47. The highest BCUT2D eigenvalue weighted by atomic mass is 16.6. The van der Waals surface area contributed by atoms with Crippen molar-refractivity contribution >= 4 is 23.4 Å². The lowest BCUT2D eigenvalue weighted by atomic mass is 10.2. The maximum atomic E-state index is 12.5. The molecular formula is C16H15N3O5. The molecule has 0 bridgehead atoms. The van der Waals surface area contributed by atoms with E-state index >= 15 is 0 Å². The van der Waals surface area contributed by atoms with Gasteiger partial charge in [-0.05, 0) is 31.0 Å². The summed E-state index contributed by atoms with van der Waals surface area (Å²) >= 11 is 0. The van der Waals surface area contributed by atoms with E-state index in [9.17, 15) is 19.7 Å². The Kier molecular flexibility index (Phi) is 4.28. The molecule has 24 heavy (non-hydrogen) atoms. The van der Waals surface area contributed by atoms with Crippen LogP contribution in [-0.4, -0.2) is 34.2 Å². The molecule has 2 amide bonds. The molecule has 1 fully saturated rings. The quantitative estimate of drug-likeness (QED) is 0.685. The maximum absolute atomic E-state index is 12.5. The monoisotopic (exact) mass is 329 g/mol. The third kappa shape index (κ3) is 3.12. The van der Waals surface area contributed by atoms with Gasteiger partial charge in [-0.2, -0.15) is 0 Å². The number of nitrogens with zero attached hydrogens (tertiary/aromatic N) is 2. The highest BCUT2D eigenvalue weighted by Gasteiger charge is 2.36. The minimum atomic E-state index is -0.708. The van der Waals surface area contributed by atoms with E-state index < -0.39 is 22.8 Å². The fourth-order valence-electron chi connectivity index (χ4n) is 2.71. The number of nitrogens with one attached hydrogen (secondary N) is 1. The fourth-order valence-corrected chi connectivity index (χ4v) is 2.71. The zero-order valence-electron chi connectivity index (χ0n) is 12.7. The van der Waals surface area contributed by atoms with Crippen LogP contribution >= 0.6 is 0 Å². The summed E-state index contributed by atoms with van der Waals surface area (Å²) in [6, 6.07) is 10.7. The van der Waals surface area contributed by atoms with Crippen LogP contribution in [0.4, 0.5) is 11.6 Å². The molecule has 1 aliphatic heterocycles. The molecule has 1 aromatic heterocycles. The first-order valence-corrected chi connectivity index (χ1v) is 7.47. The summed E-state index contributed by atoms with van der Waals surface area (Å²) in [6.45, 7) is 0.403. The number of likely N-dealkylation sites (tertiary alicyclic amines) is 1. The van der Waals surface area contributed by atoms with E-state index in [-0.39, 0.29) is 11.7 Å². The van der Waals surface area contributed by atoms with Crippen molar-refractivity contribution < 1.29 is 18.9 Å². The van der Waals surface area contributed by atoms with Crippen molar-refractivity contribution in [1.29, 1.82) is 0 Å². The van der Waals surface area contributed by atoms with E-state index in [1.54, 1.807) is 24.3 Å². The highest BCUT2D eigenvalue weighted by molar-refractivity contribution is 6.00. The van der Waals surface area contributed by atoms with Crippen molar-refractivity contribution in [2.75, 3.05) is 11.9 Å². The molecule has 3 rings (SSSR count). The average molecular weight is 329 g/mol. The second-order valence-electron chi connectivity index (χ2n) is 5.41. The Hall–Kier alpha value is -3.16. The van der Waals surface area contributed by atoms with Crippen LogP contribution in [0.25, 0.3) is 0 Å². The molecule has 0 aliphatic carbocycles. The Morgan fingerprint density at radius 3 is 2.62 bits per heavy atom. The van der Waals surface area contributed by atoms with E-state index in [0.29, 0.717) is 25.1 Å². The summed E-state index contributed by atoms with van der Waals surface area (Å²) in [7, 11) is 0. The number of furan rings is 1. The lowest BCUT2D eigenvalue weighted by molar-refractivity contribution is -0.402. The minimum absolute atomic E-state index is 0.138. The van der Waals surface area contributed by atoms with Crippen LogP contribution < -0.4 is 5.32 Å². The van der Waals surface area contributed by atoms with Crippen LogP contribution in [-0.2, 0) is 4.79 Å². The number of carbonyl (C=O) groups excluding carboxylic acids is 2. The van der Waals surface area contributed by atoms with Gasteiger partial charge in [-0.15, -0.1) is 0 Å². The number of rotatable bonds is 4. The number of amides is 2. The molecule has 2 heterocycles. The van der Waals surface area contributed by atoms with Gasteiger partial charge >= 0.3 is 5.88 Å². The first-order chi connectivity index (χ1) is 11.6. The average Bonchev–Trinajstić information content (AvgIpc) is 3.25. The smallest absolute Gasteiger partial charge is 0.395 e. The molecule has 0 unspecified atom stereocenters. The SMILES string of the molecule is O=C(Nc1ccccc1)[C@@H]1CCCN1C(=O)c1ccc([N+](=O)[O-])o1. The Bertz CT molecular complexity index is 771. The Morgan fingerprint density at radius 1 is 1.21 bits per heavy atom. The van der Waals surface area contributed by atoms with E-state index in [2.05, 4.69) is 5.32 Å². The van der Waals surface area contributed by atoms with Gasteiger partial charge in [0.25, 0.3) is 5.91 Å². The number of anilines is 1. The van der Waals surface area contributed by atoms with Crippen LogP contribution in [0.1, 0.15) is 23.4 Å². The second-order valence-corrected chi connectivity index (χ2v) is 5.41. The van der Waals surface area contributed by atoms with Gasteiger partial charge in [0.2, 0.25) is 5.91 Å². The van der Waals surface area contributed by atoms with E-state index in [1.165, 1.54) is 11.0 Å². The van der Waals surface area contributed by atoms with Gasteiger partial charge in [0, 0.05) is 12.2 Å². The largest absolute Gasteiger partial charge is 0.433 e. The first kappa shape index (κ1) is 15.7. The zero-order valence-corrected chi connectivity index (χ0v) is 12.7. The topological polar surface area (TPSA) is 106 Å². The molecule has 0 saturated carbocycles. The van der Waals surface area contributed by atoms with Crippen molar-refractivity contribution in [3.8, 4) is 0 Å². The van der Waals surface area contributed by atoms with E-state index in [0.717, 1.165) is 6.07 Å². The Morgan fingerprint density at radius 2 is 1.96 bits per heavy atom. The summed E-state index contributed by atoms with van der Waals surface area (Å²) in [4.78, 5) is 36.2. The number of para-hydroxylation sites is 1. The van der Waals surface area contributed by atoms with Crippen molar-refractivity contribution in [3.05, 3.63) is 58.3 Å². The normalized spacial score (nSPS) is 16.8. The highest BCUT2D eigenvalue weighted by Crippen LogP contribution is 2.24. The van der Waals surface area contributed by atoms with Gasteiger partial charge in [0.05, 0.1) is 6.07 Å². The number of nitro groups is 1. The molecule has 0 spiro atoms. The van der Waals surface area contributed by atoms with Crippen LogP contribution in [0, 0.1) is 10.1 Å². The molecule has 0 radical (unpaired) electrons. The third-order valence-electron chi connectivity index (χ3n) is 3.84. The molecule has 1 aromatic carbocycles. The second kappa shape index (κ2) is 6.53. The van der Waals surface area contributed by atoms with Crippen LogP contribution in [0.15, 0.2) is 46.9 Å². The lowest BCUT2D eigenvalue weighted by Gasteiger charge is -2.22. The predicted molar refractivity (Wildman–Crippen MR) is 84.5 cm³/mol. The van der Waals surface area contributed by atoms with Gasteiger partial charge in [0.15, 0.2) is 5.76 Å². The third-order valence-corrected chi connectivity index (χ3v) is 3.84. The van der Waals surface area contributed by atoms with Crippen molar-refractivity contribution in [2.24, 2.45) is 0 Å². The van der Waals surface area contributed by atoms with Crippen LogP contribution in [0.5, 0.6) is 0 Å². The standard InChI is InChI=1S/C16H15N3O5/c20-15(17-11-5-2-1-3-6-11)12-7-4-10-18(12)16(21)13-8-9-14(24-13)19(22)23/h1-3,5-6,8-9,12H,4,7,10H2,(H,17,20)/t12-/m0/s1. The molecule has 1 saturated heterocycles. The zero-order chi connectivity index (χ0) is 17.1.